The molecule has 1 aliphatic rings. The van der Waals surface area contributed by atoms with Crippen LogP contribution in [0.25, 0.3) is 0 Å². The molecule has 0 saturated heterocycles. The average molecular weight is 298 g/mol. The van der Waals surface area contributed by atoms with E-state index in [4.69, 9.17) is 4.42 Å². The molecule has 0 radical (unpaired) electrons. The summed E-state index contributed by atoms with van der Waals surface area (Å²) >= 11 is 0. The van der Waals surface area contributed by atoms with Crippen LogP contribution in [0.5, 0.6) is 0 Å². The van der Waals surface area contributed by atoms with E-state index in [-0.39, 0.29) is 11.9 Å². The SMILES string of the molecule is CN(CC(=O)NC1CCCc2ccccc21)Cc1ccco1. The van der Waals surface area contributed by atoms with E-state index in [0.29, 0.717) is 13.1 Å². The number of amides is 1. The fourth-order valence-electron chi connectivity index (χ4n) is 3.11. The minimum atomic E-state index is 0.0655. The van der Waals surface area contributed by atoms with Crippen molar-refractivity contribution in [2.45, 2.75) is 31.8 Å². The Morgan fingerprint density at radius 1 is 1.32 bits per heavy atom. The fraction of sp³-hybridized carbons (Fsp3) is 0.389. The summed E-state index contributed by atoms with van der Waals surface area (Å²) in [6.45, 7) is 1.01. The molecule has 1 heterocycles. The number of hydrogen-bond acceptors (Lipinski definition) is 3. The summed E-state index contributed by atoms with van der Waals surface area (Å²) in [5, 5.41) is 3.17. The topological polar surface area (TPSA) is 45.5 Å². The van der Waals surface area contributed by atoms with E-state index in [2.05, 4.69) is 23.5 Å². The lowest BCUT2D eigenvalue weighted by molar-refractivity contribution is -0.122. The van der Waals surface area contributed by atoms with Crippen molar-refractivity contribution in [3.63, 3.8) is 0 Å². The van der Waals surface area contributed by atoms with E-state index in [1.807, 2.05) is 30.1 Å². The molecule has 0 saturated carbocycles. The minimum absolute atomic E-state index is 0.0655. The average Bonchev–Trinajstić information content (AvgIpc) is 3.00. The van der Waals surface area contributed by atoms with Gasteiger partial charge in [0.2, 0.25) is 5.91 Å². The maximum absolute atomic E-state index is 12.3. The van der Waals surface area contributed by atoms with Gasteiger partial charge in [0.1, 0.15) is 5.76 Å². The second-order valence-corrected chi connectivity index (χ2v) is 5.96. The smallest absolute Gasteiger partial charge is 0.234 e. The third-order valence-electron chi connectivity index (χ3n) is 4.12. The quantitative estimate of drug-likeness (QED) is 0.923. The first-order valence-electron chi connectivity index (χ1n) is 7.80. The van der Waals surface area contributed by atoms with Gasteiger partial charge in [-0.2, -0.15) is 0 Å². The second kappa shape index (κ2) is 6.79. The maximum Gasteiger partial charge on any atom is 0.234 e. The first-order chi connectivity index (χ1) is 10.7. The van der Waals surface area contributed by atoms with Gasteiger partial charge in [-0.1, -0.05) is 24.3 Å². The van der Waals surface area contributed by atoms with Crippen molar-refractivity contribution in [3.8, 4) is 0 Å². The summed E-state index contributed by atoms with van der Waals surface area (Å²) < 4.78 is 5.31. The normalized spacial score (nSPS) is 17.3. The van der Waals surface area contributed by atoms with E-state index < -0.39 is 0 Å². The highest BCUT2D eigenvalue weighted by Crippen LogP contribution is 2.29. The van der Waals surface area contributed by atoms with Gasteiger partial charge in [-0.25, -0.2) is 0 Å². The van der Waals surface area contributed by atoms with Gasteiger partial charge in [0.15, 0.2) is 0 Å². The molecular formula is C18H22N2O2. The number of likely N-dealkylation sites (N-methyl/N-ethyl adjacent to an activating group) is 1. The number of aryl methyl sites for hydroxylation is 1. The minimum Gasteiger partial charge on any atom is -0.468 e. The van der Waals surface area contributed by atoms with Crippen molar-refractivity contribution in [1.29, 1.82) is 0 Å². The van der Waals surface area contributed by atoms with Gasteiger partial charge >= 0.3 is 0 Å². The van der Waals surface area contributed by atoms with Gasteiger partial charge in [0.05, 0.1) is 25.4 Å². The van der Waals surface area contributed by atoms with E-state index in [9.17, 15) is 4.79 Å². The molecule has 0 fully saturated rings. The summed E-state index contributed by atoms with van der Waals surface area (Å²) in [7, 11) is 1.93. The van der Waals surface area contributed by atoms with Gasteiger partial charge in [-0.15, -0.1) is 0 Å². The van der Waals surface area contributed by atoms with E-state index in [1.54, 1.807) is 6.26 Å². The summed E-state index contributed by atoms with van der Waals surface area (Å²) in [6.07, 6.45) is 4.91. The molecule has 0 spiro atoms. The number of nitrogens with one attached hydrogen (secondary N) is 1. The predicted octanol–water partition coefficient (Wildman–Crippen LogP) is 2.91. The van der Waals surface area contributed by atoms with Crippen LogP contribution in [0.15, 0.2) is 47.1 Å². The first-order valence-corrected chi connectivity index (χ1v) is 7.80. The first kappa shape index (κ1) is 14.9. The van der Waals surface area contributed by atoms with Crippen molar-refractivity contribution >= 4 is 5.91 Å². The van der Waals surface area contributed by atoms with Crippen LogP contribution in [0, 0.1) is 0 Å². The third kappa shape index (κ3) is 3.57. The van der Waals surface area contributed by atoms with Crippen LogP contribution < -0.4 is 5.32 Å². The Bertz CT molecular complexity index is 622. The molecule has 4 heteroatoms. The zero-order valence-corrected chi connectivity index (χ0v) is 12.9. The van der Waals surface area contributed by atoms with Crippen molar-refractivity contribution < 1.29 is 9.21 Å². The molecule has 2 aromatic rings. The molecule has 4 nitrogen and oxygen atoms in total. The predicted molar refractivity (Wildman–Crippen MR) is 85.3 cm³/mol. The zero-order valence-electron chi connectivity index (χ0n) is 12.9. The molecule has 0 bridgehead atoms. The Labute approximate surface area is 131 Å². The zero-order chi connectivity index (χ0) is 15.4. The van der Waals surface area contributed by atoms with Gasteiger partial charge < -0.3 is 9.73 Å². The molecule has 1 amide bonds. The van der Waals surface area contributed by atoms with Gasteiger partial charge in [0.25, 0.3) is 0 Å². The number of hydrogen-bond donors (Lipinski definition) is 1. The Morgan fingerprint density at radius 3 is 3.00 bits per heavy atom. The Balaban J connectivity index is 1.56. The highest BCUT2D eigenvalue weighted by Gasteiger charge is 2.21. The van der Waals surface area contributed by atoms with Crippen molar-refractivity contribution in [2.24, 2.45) is 0 Å². The van der Waals surface area contributed by atoms with Crippen LogP contribution in [0.2, 0.25) is 0 Å². The molecular weight excluding hydrogens is 276 g/mol. The summed E-state index contributed by atoms with van der Waals surface area (Å²) in [4.78, 5) is 14.2. The molecule has 22 heavy (non-hydrogen) atoms. The van der Waals surface area contributed by atoms with E-state index in [1.165, 1.54) is 11.1 Å². The largest absolute Gasteiger partial charge is 0.468 e. The lowest BCUT2D eigenvalue weighted by Gasteiger charge is -2.27. The maximum atomic E-state index is 12.3. The van der Waals surface area contributed by atoms with Crippen LogP contribution in [0.4, 0.5) is 0 Å². The number of fused-ring (bicyclic) bond motifs is 1. The number of carbonyl (C=O) groups excluding carboxylic acids is 1. The number of nitrogens with zero attached hydrogens (tertiary/aromatic N) is 1. The van der Waals surface area contributed by atoms with E-state index in [0.717, 1.165) is 25.0 Å². The summed E-state index contributed by atoms with van der Waals surface area (Å²) in [5.74, 6) is 0.939. The molecule has 1 aromatic heterocycles. The molecule has 116 valence electrons. The van der Waals surface area contributed by atoms with Gasteiger partial charge in [-0.3, -0.25) is 9.69 Å². The highest BCUT2D eigenvalue weighted by atomic mass is 16.3. The van der Waals surface area contributed by atoms with Crippen molar-refractivity contribution in [2.75, 3.05) is 13.6 Å². The van der Waals surface area contributed by atoms with Crippen molar-refractivity contribution in [1.82, 2.24) is 10.2 Å². The molecule has 1 N–H and O–H groups in total. The lowest BCUT2D eigenvalue weighted by atomic mass is 9.88. The third-order valence-corrected chi connectivity index (χ3v) is 4.12. The molecule has 1 atom stereocenters. The number of furan rings is 1. The molecule has 1 unspecified atom stereocenters. The van der Waals surface area contributed by atoms with Crippen LogP contribution in [0.3, 0.4) is 0 Å². The Morgan fingerprint density at radius 2 is 2.18 bits per heavy atom. The van der Waals surface area contributed by atoms with E-state index >= 15 is 0 Å². The second-order valence-electron chi connectivity index (χ2n) is 5.96. The Hall–Kier alpha value is -2.07. The van der Waals surface area contributed by atoms with Gasteiger partial charge in [0, 0.05) is 0 Å². The number of rotatable bonds is 5. The van der Waals surface area contributed by atoms with Crippen molar-refractivity contribution in [3.05, 3.63) is 59.5 Å². The molecule has 0 aliphatic heterocycles. The van der Waals surface area contributed by atoms with Crippen LogP contribution in [-0.2, 0) is 17.8 Å². The number of benzene rings is 1. The van der Waals surface area contributed by atoms with Gasteiger partial charge in [-0.05, 0) is 49.6 Å². The standard InChI is InChI=1S/C18H22N2O2/c1-20(12-15-8-5-11-22-15)13-18(21)19-17-10-4-7-14-6-2-3-9-16(14)17/h2-3,5-6,8-9,11,17H,4,7,10,12-13H2,1H3,(H,19,21). The highest BCUT2D eigenvalue weighted by molar-refractivity contribution is 5.78. The van der Waals surface area contributed by atoms with Crippen LogP contribution >= 0.6 is 0 Å². The lowest BCUT2D eigenvalue weighted by Crippen LogP contribution is -2.38. The number of carbonyl (C=O) groups is 1. The Kier molecular flexibility index (Phi) is 4.59. The molecule has 1 aromatic carbocycles. The summed E-state index contributed by atoms with van der Waals surface area (Å²) in [5.41, 5.74) is 2.64. The van der Waals surface area contributed by atoms with Crippen LogP contribution in [-0.4, -0.2) is 24.4 Å². The monoisotopic (exact) mass is 298 g/mol. The van der Waals surface area contributed by atoms with Crippen LogP contribution in [0.1, 0.15) is 35.8 Å². The molecule has 1 aliphatic carbocycles. The fourth-order valence-corrected chi connectivity index (χ4v) is 3.11. The molecule has 3 rings (SSSR count). The summed E-state index contributed by atoms with van der Waals surface area (Å²) in [6, 6.07) is 12.3.